The highest BCUT2D eigenvalue weighted by atomic mass is 35.5. The molecule has 0 aliphatic carbocycles. The fourth-order valence-corrected chi connectivity index (χ4v) is 1.77. The van der Waals surface area contributed by atoms with Crippen molar-refractivity contribution in [3.63, 3.8) is 0 Å². The van der Waals surface area contributed by atoms with E-state index in [9.17, 15) is 0 Å². The number of aromatic nitrogens is 2. The SMILES string of the molecule is CCNc1cnc(COCc2ccccc2Cl)cn1. The molecule has 100 valence electrons. The minimum absolute atomic E-state index is 0.421. The third kappa shape index (κ3) is 4.19. The van der Waals surface area contributed by atoms with Crippen LogP contribution in [0.4, 0.5) is 5.82 Å². The minimum Gasteiger partial charge on any atom is -0.370 e. The second kappa shape index (κ2) is 7.07. The van der Waals surface area contributed by atoms with Crippen molar-refractivity contribution in [3.8, 4) is 0 Å². The van der Waals surface area contributed by atoms with E-state index in [4.69, 9.17) is 16.3 Å². The lowest BCUT2D eigenvalue weighted by Gasteiger charge is -2.06. The van der Waals surface area contributed by atoms with Crippen molar-refractivity contribution in [1.82, 2.24) is 9.97 Å². The third-order valence-corrected chi connectivity index (χ3v) is 2.90. The highest BCUT2D eigenvalue weighted by Gasteiger charge is 2.01. The predicted molar refractivity (Wildman–Crippen MR) is 76.1 cm³/mol. The molecule has 1 N–H and O–H groups in total. The molecule has 0 bridgehead atoms. The number of halogens is 1. The molecule has 2 rings (SSSR count). The molecule has 2 aromatic rings. The molecule has 1 heterocycles. The van der Waals surface area contributed by atoms with Crippen LogP contribution in [0.5, 0.6) is 0 Å². The number of hydrogen-bond acceptors (Lipinski definition) is 4. The van der Waals surface area contributed by atoms with Crippen LogP contribution in [0.3, 0.4) is 0 Å². The van der Waals surface area contributed by atoms with E-state index in [1.807, 2.05) is 31.2 Å². The molecule has 1 aromatic heterocycles. The lowest BCUT2D eigenvalue weighted by atomic mass is 10.2. The summed E-state index contributed by atoms with van der Waals surface area (Å²) < 4.78 is 5.58. The molecular formula is C14H16ClN3O. The average Bonchev–Trinajstić information content (AvgIpc) is 2.43. The Bertz CT molecular complexity index is 516. The van der Waals surface area contributed by atoms with E-state index in [0.29, 0.717) is 13.2 Å². The molecule has 0 aliphatic heterocycles. The Hall–Kier alpha value is -1.65. The zero-order valence-corrected chi connectivity index (χ0v) is 11.5. The summed E-state index contributed by atoms with van der Waals surface area (Å²) >= 11 is 6.05. The standard InChI is InChI=1S/C14H16ClN3O/c1-2-16-14-8-17-12(7-18-14)10-19-9-11-5-3-4-6-13(11)15/h3-8H,2,9-10H2,1H3,(H,16,18). The zero-order chi connectivity index (χ0) is 13.5. The number of nitrogens with one attached hydrogen (secondary N) is 1. The molecule has 4 nitrogen and oxygen atoms in total. The lowest BCUT2D eigenvalue weighted by Crippen LogP contribution is -2.02. The maximum atomic E-state index is 6.05. The summed E-state index contributed by atoms with van der Waals surface area (Å²) in [7, 11) is 0. The quantitative estimate of drug-likeness (QED) is 0.880. The van der Waals surface area contributed by atoms with E-state index in [-0.39, 0.29) is 0 Å². The summed E-state index contributed by atoms with van der Waals surface area (Å²) in [6, 6.07) is 7.64. The lowest BCUT2D eigenvalue weighted by molar-refractivity contribution is 0.104. The van der Waals surface area contributed by atoms with E-state index in [2.05, 4.69) is 15.3 Å². The van der Waals surface area contributed by atoms with Gasteiger partial charge in [0.25, 0.3) is 0 Å². The van der Waals surface area contributed by atoms with Crippen molar-refractivity contribution in [3.05, 3.63) is 52.9 Å². The van der Waals surface area contributed by atoms with Gasteiger partial charge in [-0.15, -0.1) is 0 Å². The Balaban J connectivity index is 1.84. The minimum atomic E-state index is 0.421. The Morgan fingerprint density at radius 3 is 2.68 bits per heavy atom. The van der Waals surface area contributed by atoms with Gasteiger partial charge in [-0.3, -0.25) is 4.98 Å². The van der Waals surface area contributed by atoms with Gasteiger partial charge in [0.2, 0.25) is 0 Å². The fourth-order valence-electron chi connectivity index (χ4n) is 1.58. The van der Waals surface area contributed by atoms with Gasteiger partial charge in [0.1, 0.15) is 5.82 Å². The first-order valence-electron chi connectivity index (χ1n) is 6.15. The second-order valence-electron chi connectivity index (χ2n) is 4.01. The molecule has 0 spiro atoms. The van der Waals surface area contributed by atoms with Crippen molar-refractivity contribution in [2.24, 2.45) is 0 Å². The van der Waals surface area contributed by atoms with Crippen LogP contribution in [0.2, 0.25) is 5.02 Å². The molecule has 0 amide bonds. The van der Waals surface area contributed by atoms with E-state index >= 15 is 0 Å². The summed E-state index contributed by atoms with van der Waals surface area (Å²) in [6.45, 7) is 3.74. The number of nitrogens with zero attached hydrogens (tertiary/aromatic N) is 2. The molecular weight excluding hydrogens is 262 g/mol. The van der Waals surface area contributed by atoms with Crippen molar-refractivity contribution < 1.29 is 4.74 Å². The average molecular weight is 278 g/mol. The maximum absolute atomic E-state index is 6.05. The highest BCUT2D eigenvalue weighted by molar-refractivity contribution is 6.31. The largest absolute Gasteiger partial charge is 0.370 e. The van der Waals surface area contributed by atoms with Gasteiger partial charge < -0.3 is 10.1 Å². The Labute approximate surface area is 117 Å². The normalized spacial score (nSPS) is 10.4. The topological polar surface area (TPSA) is 47.0 Å². The number of anilines is 1. The zero-order valence-electron chi connectivity index (χ0n) is 10.8. The Morgan fingerprint density at radius 1 is 1.16 bits per heavy atom. The number of ether oxygens (including phenoxy) is 1. The molecule has 0 fully saturated rings. The van der Waals surface area contributed by atoms with Crippen molar-refractivity contribution >= 4 is 17.4 Å². The first-order valence-corrected chi connectivity index (χ1v) is 6.53. The summed E-state index contributed by atoms with van der Waals surface area (Å²) in [5.41, 5.74) is 1.77. The molecule has 0 radical (unpaired) electrons. The smallest absolute Gasteiger partial charge is 0.144 e. The van der Waals surface area contributed by atoms with E-state index < -0.39 is 0 Å². The van der Waals surface area contributed by atoms with Gasteiger partial charge >= 0.3 is 0 Å². The van der Waals surface area contributed by atoms with Gasteiger partial charge in [-0.25, -0.2) is 4.98 Å². The molecule has 0 saturated heterocycles. The maximum Gasteiger partial charge on any atom is 0.144 e. The summed E-state index contributed by atoms with van der Waals surface area (Å²) in [5.74, 6) is 0.775. The van der Waals surface area contributed by atoms with Gasteiger partial charge in [0.15, 0.2) is 0 Å². The van der Waals surface area contributed by atoms with Crippen molar-refractivity contribution in [2.75, 3.05) is 11.9 Å². The number of rotatable bonds is 6. The van der Waals surface area contributed by atoms with E-state index in [0.717, 1.165) is 28.6 Å². The van der Waals surface area contributed by atoms with Crippen molar-refractivity contribution in [1.29, 1.82) is 0 Å². The molecule has 19 heavy (non-hydrogen) atoms. The molecule has 5 heteroatoms. The number of benzene rings is 1. The van der Waals surface area contributed by atoms with Gasteiger partial charge in [-0.1, -0.05) is 29.8 Å². The van der Waals surface area contributed by atoms with Gasteiger partial charge in [-0.05, 0) is 18.6 Å². The monoisotopic (exact) mass is 277 g/mol. The molecule has 0 atom stereocenters. The number of hydrogen-bond donors (Lipinski definition) is 1. The summed E-state index contributed by atoms with van der Waals surface area (Å²) in [5, 5.41) is 3.81. The summed E-state index contributed by atoms with van der Waals surface area (Å²) in [4.78, 5) is 8.50. The van der Waals surface area contributed by atoms with Crippen LogP contribution in [0.1, 0.15) is 18.2 Å². The Morgan fingerprint density at radius 2 is 2.00 bits per heavy atom. The van der Waals surface area contributed by atoms with Crippen LogP contribution in [-0.4, -0.2) is 16.5 Å². The Kier molecular flexibility index (Phi) is 5.12. The second-order valence-corrected chi connectivity index (χ2v) is 4.41. The molecule has 0 aliphatic rings. The fraction of sp³-hybridized carbons (Fsp3) is 0.286. The first-order chi connectivity index (χ1) is 9.29. The van der Waals surface area contributed by atoms with Crippen LogP contribution < -0.4 is 5.32 Å². The van der Waals surface area contributed by atoms with Crippen LogP contribution in [0.25, 0.3) is 0 Å². The van der Waals surface area contributed by atoms with Crippen LogP contribution in [-0.2, 0) is 18.0 Å². The summed E-state index contributed by atoms with van der Waals surface area (Å²) in [6.07, 6.45) is 3.42. The van der Waals surface area contributed by atoms with Gasteiger partial charge in [-0.2, -0.15) is 0 Å². The van der Waals surface area contributed by atoms with Crippen LogP contribution in [0, 0.1) is 0 Å². The van der Waals surface area contributed by atoms with Gasteiger partial charge in [0, 0.05) is 11.6 Å². The van der Waals surface area contributed by atoms with Crippen LogP contribution >= 0.6 is 11.6 Å². The first kappa shape index (κ1) is 13.8. The molecule has 1 aromatic carbocycles. The van der Waals surface area contributed by atoms with E-state index in [1.165, 1.54) is 0 Å². The molecule has 0 saturated carbocycles. The molecule has 0 unspecified atom stereocenters. The van der Waals surface area contributed by atoms with E-state index in [1.54, 1.807) is 12.4 Å². The van der Waals surface area contributed by atoms with Crippen LogP contribution in [0.15, 0.2) is 36.7 Å². The highest BCUT2D eigenvalue weighted by Crippen LogP contribution is 2.16. The predicted octanol–water partition coefficient (Wildman–Crippen LogP) is 3.28. The van der Waals surface area contributed by atoms with Gasteiger partial charge in [0.05, 0.1) is 31.3 Å². The third-order valence-electron chi connectivity index (χ3n) is 2.53. The van der Waals surface area contributed by atoms with Crippen molar-refractivity contribution in [2.45, 2.75) is 20.1 Å².